The van der Waals surface area contributed by atoms with Crippen molar-refractivity contribution in [2.45, 2.75) is 32.6 Å². The normalized spacial score (nSPS) is 10.2. The summed E-state index contributed by atoms with van der Waals surface area (Å²) in [5.41, 5.74) is 1.09. The molecule has 110 valence electrons. The summed E-state index contributed by atoms with van der Waals surface area (Å²) >= 11 is 0. The molecule has 0 heterocycles. The average molecular weight is 283 g/mol. The van der Waals surface area contributed by atoms with Crippen LogP contribution in [0.15, 0.2) is 12.1 Å². The first-order valence-corrected chi connectivity index (χ1v) is 6.30. The average Bonchev–Trinajstić information content (AvgIpc) is 2.38. The van der Waals surface area contributed by atoms with Gasteiger partial charge in [-0.25, -0.2) is 4.39 Å². The van der Waals surface area contributed by atoms with Gasteiger partial charge in [0.2, 0.25) is 5.91 Å². The van der Waals surface area contributed by atoms with E-state index in [9.17, 15) is 14.0 Å². The predicted molar refractivity (Wildman–Crippen MR) is 72.4 cm³/mol. The molecule has 0 bridgehead atoms. The fourth-order valence-electron chi connectivity index (χ4n) is 1.72. The number of rotatable bonds is 7. The van der Waals surface area contributed by atoms with Crippen LogP contribution in [0.1, 0.15) is 31.2 Å². The SMILES string of the molecule is COc1cc(C)c(NC(=O)CCCCC(=O)O)cc1F. The highest BCUT2D eigenvalue weighted by Gasteiger charge is 2.10. The third kappa shape index (κ3) is 4.87. The van der Waals surface area contributed by atoms with Crippen molar-refractivity contribution in [3.05, 3.63) is 23.5 Å². The van der Waals surface area contributed by atoms with E-state index in [4.69, 9.17) is 9.84 Å². The van der Waals surface area contributed by atoms with Crippen molar-refractivity contribution in [3.8, 4) is 5.75 Å². The third-order valence-electron chi connectivity index (χ3n) is 2.82. The lowest BCUT2D eigenvalue weighted by Crippen LogP contribution is -2.12. The van der Waals surface area contributed by atoms with Crippen LogP contribution in [0.3, 0.4) is 0 Å². The fraction of sp³-hybridized carbons (Fsp3) is 0.429. The number of benzene rings is 1. The molecule has 20 heavy (non-hydrogen) atoms. The summed E-state index contributed by atoms with van der Waals surface area (Å²) in [5, 5.41) is 11.1. The number of aryl methyl sites for hydroxylation is 1. The Bertz CT molecular complexity index is 502. The van der Waals surface area contributed by atoms with Gasteiger partial charge in [0, 0.05) is 24.6 Å². The molecule has 0 spiro atoms. The van der Waals surface area contributed by atoms with E-state index in [-0.39, 0.29) is 24.5 Å². The van der Waals surface area contributed by atoms with E-state index in [0.717, 1.165) is 0 Å². The number of aliphatic carboxylic acids is 1. The standard InChI is InChI=1S/C14H18FNO4/c1-9-7-12(20-2)10(15)8-11(9)16-13(17)5-3-4-6-14(18)19/h7-8H,3-6H2,1-2H3,(H,16,17)(H,18,19). The summed E-state index contributed by atoms with van der Waals surface area (Å²) in [6.07, 6.45) is 1.18. The second-order valence-corrected chi connectivity index (χ2v) is 4.45. The first-order chi connectivity index (χ1) is 9.43. The monoisotopic (exact) mass is 283 g/mol. The van der Waals surface area contributed by atoms with E-state index in [0.29, 0.717) is 24.1 Å². The second-order valence-electron chi connectivity index (χ2n) is 4.45. The van der Waals surface area contributed by atoms with E-state index in [1.54, 1.807) is 6.92 Å². The van der Waals surface area contributed by atoms with E-state index < -0.39 is 11.8 Å². The van der Waals surface area contributed by atoms with Crippen molar-refractivity contribution in [2.75, 3.05) is 12.4 Å². The number of methoxy groups -OCH3 is 1. The Kier molecular flexibility index (Phi) is 5.96. The zero-order valence-electron chi connectivity index (χ0n) is 11.5. The molecule has 0 fully saturated rings. The first-order valence-electron chi connectivity index (χ1n) is 6.30. The summed E-state index contributed by atoms with van der Waals surface area (Å²) in [5.74, 6) is -1.55. The molecule has 1 aromatic rings. The van der Waals surface area contributed by atoms with E-state index >= 15 is 0 Å². The number of carbonyl (C=O) groups excluding carboxylic acids is 1. The largest absolute Gasteiger partial charge is 0.494 e. The second kappa shape index (κ2) is 7.47. The smallest absolute Gasteiger partial charge is 0.303 e. The maximum atomic E-state index is 13.5. The van der Waals surface area contributed by atoms with Gasteiger partial charge < -0.3 is 15.2 Å². The lowest BCUT2D eigenvalue weighted by molar-refractivity contribution is -0.137. The Morgan fingerprint density at radius 2 is 1.95 bits per heavy atom. The van der Waals surface area contributed by atoms with Crippen molar-refractivity contribution >= 4 is 17.6 Å². The lowest BCUT2D eigenvalue weighted by Gasteiger charge is -2.10. The first kappa shape index (κ1) is 15.9. The predicted octanol–water partition coefficient (Wildman–Crippen LogP) is 2.73. The van der Waals surface area contributed by atoms with Gasteiger partial charge in [-0.15, -0.1) is 0 Å². The molecule has 6 heteroatoms. The Labute approximate surface area is 116 Å². The summed E-state index contributed by atoms with van der Waals surface area (Å²) in [7, 11) is 1.37. The van der Waals surface area contributed by atoms with Crippen LogP contribution in [0.4, 0.5) is 10.1 Å². The number of unbranched alkanes of at least 4 members (excludes halogenated alkanes) is 1. The Hall–Kier alpha value is -2.11. The number of halogens is 1. The molecule has 1 rings (SSSR count). The summed E-state index contributed by atoms with van der Waals surface area (Å²) < 4.78 is 18.4. The maximum Gasteiger partial charge on any atom is 0.303 e. The third-order valence-corrected chi connectivity index (χ3v) is 2.82. The molecule has 1 amide bonds. The minimum atomic E-state index is -0.876. The molecule has 0 saturated carbocycles. The van der Waals surface area contributed by atoms with Crippen LogP contribution in [-0.4, -0.2) is 24.1 Å². The van der Waals surface area contributed by atoms with Gasteiger partial charge >= 0.3 is 5.97 Å². The molecule has 0 saturated heterocycles. The maximum absolute atomic E-state index is 13.5. The van der Waals surface area contributed by atoms with Gasteiger partial charge in [0.15, 0.2) is 11.6 Å². The van der Waals surface area contributed by atoms with Crippen molar-refractivity contribution in [2.24, 2.45) is 0 Å². The van der Waals surface area contributed by atoms with Gasteiger partial charge in [0.05, 0.1) is 7.11 Å². The number of carbonyl (C=O) groups is 2. The minimum absolute atomic E-state index is 0.0451. The number of carboxylic acid groups (broad SMARTS) is 1. The van der Waals surface area contributed by atoms with Crippen LogP contribution in [0.5, 0.6) is 5.75 Å². The number of ether oxygens (including phenoxy) is 1. The van der Waals surface area contributed by atoms with Gasteiger partial charge in [-0.3, -0.25) is 9.59 Å². The van der Waals surface area contributed by atoms with E-state index in [2.05, 4.69) is 5.32 Å². The minimum Gasteiger partial charge on any atom is -0.494 e. The van der Waals surface area contributed by atoms with Crippen molar-refractivity contribution < 1.29 is 23.8 Å². The molecule has 0 aromatic heterocycles. The van der Waals surface area contributed by atoms with Crippen LogP contribution in [-0.2, 0) is 9.59 Å². The van der Waals surface area contributed by atoms with E-state index in [1.807, 2.05) is 0 Å². The van der Waals surface area contributed by atoms with E-state index in [1.165, 1.54) is 19.2 Å². The quantitative estimate of drug-likeness (QED) is 0.754. The molecule has 0 aliphatic carbocycles. The molecule has 0 atom stereocenters. The van der Waals surface area contributed by atoms with Crippen molar-refractivity contribution in [3.63, 3.8) is 0 Å². The number of anilines is 1. The summed E-state index contributed by atoms with van der Waals surface area (Å²) in [6, 6.07) is 2.72. The van der Waals surface area contributed by atoms with Crippen LogP contribution in [0.25, 0.3) is 0 Å². The highest BCUT2D eigenvalue weighted by atomic mass is 19.1. The highest BCUT2D eigenvalue weighted by Crippen LogP contribution is 2.25. The summed E-state index contributed by atoms with van der Waals surface area (Å²) in [6.45, 7) is 1.74. The molecule has 0 radical (unpaired) electrons. The van der Waals surface area contributed by atoms with Crippen LogP contribution >= 0.6 is 0 Å². The number of hydrogen-bond donors (Lipinski definition) is 2. The molecular weight excluding hydrogens is 265 g/mol. The summed E-state index contributed by atoms with van der Waals surface area (Å²) in [4.78, 5) is 22.0. The molecule has 2 N–H and O–H groups in total. The lowest BCUT2D eigenvalue weighted by atomic mass is 10.1. The number of carboxylic acids is 1. The van der Waals surface area contributed by atoms with Gasteiger partial charge in [0.1, 0.15) is 0 Å². The molecule has 0 unspecified atom stereocenters. The van der Waals surface area contributed by atoms with Gasteiger partial charge in [-0.05, 0) is 31.4 Å². The zero-order chi connectivity index (χ0) is 15.1. The number of nitrogens with one attached hydrogen (secondary N) is 1. The van der Waals surface area contributed by atoms with Crippen LogP contribution in [0.2, 0.25) is 0 Å². The van der Waals surface area contributed by atoms with Crippen molar-refractivity contribution in [1.29, 1.82) is 0 Å². The van der Waals surface area contributed by atoms with Gasteiger partial charge in [-0.2, -0.15) is 0 Å². The molecule has 1 aromatic carbocycles. The topological polar surface area (TPSA) is 75.6 Å². The highest BCUT2D eigenvalue weighted by molar-refractivity contribution is 5.91. The Morgan fingerprint density at radius 3 is 2.55 bits per heavy atom. The van der Waals surface area contributed by atoms with Crippen LogP contribution in [0, 0.1) is 12.7 Å². The Morgan fingerprint density at radius 1 is 1.30 bits per heavy atom. The van der Waals surface area contributed by atoms with Crippen LogP contribution < -0.4 is 10.1 Å². The number of hydrogen-bond acceptors (Lipinski definition) is 3. The zero-order valence-corrected chi connectivity index (χ0v) is 11.5. The fourth-order valence-corrected chi connectivity index (χ4v) is 1.72. The Balaban J connectivity index is 2.53. The number of amides is 1. The molecule has 5 nitrogen and oxygen atoms in total. The molecule has 0 aliphatic rings. The van der Waals surface area contributed by atoms with Crippen molar-refractivity contribution in [1.82, 2.24) is 0 Å². The molecular formula is C14H18FNO4. The van der Waals surface area contributed by atoms with Gasteiger partial charge in [-0.1, -0.05) is 0 Å². The molecule has 0 aliphatic heterocycles. The van der Waals surface area contributed by atoms with Gasteiger partial charge in [0.25, 0.3) is 0 Å².